The van der Waals surface area contributed by atoms with Crippen LogP contribution < -0.4 is 5.32 Å². The summed E-state index contributed by atoms with van der Waals surface area (Å²) in [6, 6.07) is 21.5. The first-order valence-corrected chi connectivity index (χ1v) is 10.9. The van der Waals surface area contributed by atoms with E-state index in [1.54, 1.807) is 0 Å². The second-order valence-corrected chi connectivity index (χ2v) is 7.97. The van der Waals surface area contributed by atoms with Gasteiger partial charge in [0.1, 0.15) is 17.7 Å². The van der Waals surface area contributed by atoms with E-state index in [9.17, 15) is 18.4 Å². The van der Waals surface area contributed by atoms with E-state index in [2.05, 4.69) is 5.32 Å². The molecular formula is C26H25F2N3O2. The van der Waals surface area contributed by atoms with Crippen LogP contribution in [0.4, 0.5) is 8.78 Å². The van der Waals surface area contributed by atoms with Gasteiger partial charge in [0, 0.05) is 32.7 Å². The van der Waals surface area contributed by atoms with Gasteiger partial charge in [0.2, 0.25) is 5.91 Å². The third-order valence-electron chi connectivity index (χ3n) is 5.80. The Hall–Kier alpha value is -3.58. The Morgan fingerprint density at radius 3 is 2.15 bits per heavy atom. The Kier molecular flexibility index (Phi) is 7.10. The molecule has 0 radical (unpaired) electrons. The van der Waals surface area contributed by atoms with Crippen molar-refractivity contribution < 1.29 is 18.4 Å². The van der Waals surface area contributed by atoms with Gasteiger partial charge in [0.15, 0.2) is 0 Å². The molecule has 1 saturated heterocycles. The lowest BCUT2D eigenvalue weighted by Crippen LogP contribution is -2.52. The highest BCUT2D eigenvalue weighted by Gasteiger charge is 2.32. The first-order chi connectivity index (χ1) is 16.0. The summed E-state index contributed by atoms with van der Waals surface area (Å²) in [5.74, 6) is -2.07. The quantitative estimate of drug-likeness (QED) is 0.623. The summed E-state index contributed by atoms with van der Waals surface area (Å²) < 4.78 is 27.6. The van der Waals surface area contributed by atoms with Gasteiger partial charge in [0.05, 0.1) is 5.56 Å². The van der Waals surface area contributed by atoms with Crippen molar-refractivity contribution in [2.75, 3.05) is 26.2 Å². The number of carbonyl (C=O) groups excluding carboxylic acids is 2. The highest BCUT2D eigenvalue weighted by atomic mass is 19.1. The molecule has 1 atom stereocenters. The molecule has 33 heavy (non-hydrogen) atoms. The van der Waals surface area contributed by atoms with Crippen LogP contribution in [0.3, 0.4) is 0 Å². The topological polar surface area (TPSA) is 52.7 Å². The summed E-state index contributed by atoms with van der Waals surface area (Å²) in [6.07, 6.45) is 0. The largest absolute Gasteiger partial charge is 0.350 e. The molecule has 0 bridgehead atoms. The van der Waals surface area contributed by atoms with E-state index >= 15 is 0 Å². The molecule has 7 heteroatoms. The molecule has 0 saturated carbocycles. The van der Waals surface area contributed by atoms with Crippen molar-refractivity contribution in [2.24, 2.45) is 0 Å². The normalized spacial score (nSPS) is 15.2. The van der Waals surface area contributed by atoms with Crippen LogP contribution in [0.5, 0.6) is 0 Å². The average Bonchev–Trinajstić information content (AvgIpc) is 2.86. The second kappa shape index (κ2) is 10.4. The van der Waals surface area contributed by atoms with Gasteiger partial charge in [-0.2, -0.15) is 0 Å². The molecular weight excluding hydrogens is 424 g/mol. The lowest BCUT2D eigenvalue weighted by atomic mass is 10.0. The van der Waals surface area contributed by atoms with Crippen molar-refractivity contribution in [2.45, 2.75) is 12.6 Å². The third kappa shape index (κ3) is 5.43. The molecule has 1 fully saturated rings. The van der Waals surface area contributed by atoms with Crippen molar-refractivity contribution in [3.63, 3.8) is 0 Å². The summed E-state index contributed by atoms with van der Waals surface area (Å²) >= 11 is 0. The van der Waals surface area contributed by atoms with Crippen LogP contribution in [0.25, 0.3) is 0 Å². The Balaban J connectivity index is 1.45. The molecule has 0 aromatic heterocycles. The van der Waals surface area contributed by atoms with E-state index in [0.29, 0.717) is 32.7 Å². The monoisotopic (exact) mass is 449 g/mol. The van der Waals surface area contributed by atoms with Crippen molar-refractivity contribution in [3.8, 4) is 0 Å². The molecule has 3 aromatic rings. The molecule has 4 rings (SSSR count). The number of nitrogens with zero attached hydrogens (tertiary/aromatic N) is 2. The minimum atomic E-state index is -0.744. The Bertz CT molecular complexity index is 1100. The number of piperazine rings is 1. The van der Waals surface area contributed by atoms with E-state index in [-0.39, 0.29) is 11.5 Å². The zero-order chi connectivity index (χ0) is 23.2. The third-order valence-corrected chi connectivity index (χ3v) is 5.80. The Morgan fingerprint density at radius 2 is 1.48 bits per heavy atom. The SMILES string of the molecule is O=C(NCc1ccccc1)[C@@H](c1ccccc1)N1CCN(C(=O)c2cc(F)ccc2F)CC1. The van der Waals surface area contributed by atoms with E-state index < -0.39 is 23.6 Å². The lowest BCUT2D eigenvalue weighted by molar-refractivity contribution is -0.127. The average molecular weight is 450 g/mol. The summed E-state index contributed by atoms with van der Waals surface area (Å²) in [5, 5.41) is 3.02. The van der Waals surface area contributed by atoms with Crippen LogP contribution in [0.1, 0.15) is 27.5 Å². The van der Waals surface area contributed by atoms with Gasteiger partial charge in [0.25, 0.3) is 5.91 Å². The van der Waals surface area contributed by atoms with Crippen molar-refractivity contribution in [1.82, 2.24) is 15.1 Å². The number of benzene rings is 3. The van der Waals surface area contributed by atoms with Crippen LogP contribution in [-0.2, 0) is 11.3 Å². The van der Waals surface area contributed by atoms with E-state index in [1.165, 1.54) is 4.90 Å². The molecule has 0 spiro atoms. The van der Waals surface area contributed by atoms with Crippen LogP contribution >= 0.6 is 0 Å². The molecule has 1 heterocycles. The molecule has 5 nitrogen and oxygen atoms in total. The van der Waals surface area contributed by atoms with Crippen LogP contribution in [-0.4, -0.2) is 47.8 Å². The molecule has 1 N–H and O–H groups in total. The fourth-order valence-electron chi connectivity index (χ4n) is 4.06. The fraction of sp³-hybridized carbons (Fsp3) is 0.231. The molecule has 1 aliphatic heterocycles. The highest BCUT2D eigenvalue weighted by molar-refractivity contribution is 5.94. The second-order valence-electron chi connectivity index (χ2n) is 7.97. The zero-order valence-corrected chi connectivity index (χ0v) is 18.1. The van der Waals surface area contributed by atoms with Crippen LogP contribution in [0, 0.1) is 11.6 Å². The van der Waals surface area contributed by atoms with E-state index in [0.717, 1.165) is 29.3 Å². The van der Waals surface area contributed by atoms with Gasteiger partial charge in [-0.15, -0.1) is 0 Å². The number of hydrogen-bond donors (Lipinski definition) is 1. The summed E-state index contributed by atoms with van der Waals surface area (Å²) in [7, 11) is 0. The molecule has 0 unspecified atom stereocenters. The Morgan fingerprint density at radius 1 is 0.848 bits per heavy atom. The van der Waals surface area contributed by atoms with E-state index in [1.807, 2.05) is 65.6 Å². The van der Waals surface area contributed by atoms with Crippen molar-refractivity contribution >= 4 is 11.8 Å². The van der Waals surface area contributed by atoms with Gasteiger partial charge < -0.3 is 10.2 Å². The first kappa shape index (κ1) is 22.6. The smallest absolute Gasteiger partial charge is 0.257 e. The zero-order valence-electron chi connectivity index (χ0n) is 18.1. The number of halogens is 2. The maximum Gasteiger partial charge on any atom is 0.257 e. The van der Waals surface area contributed by atoms with E-state index in [4.69, 9.17) is 0 Å². The molecule has 1 aliphatic rings. The minimum absolute atomic E-state index is 0.124. The van der Waals surface area contributed by atoms with Gasteiger partial charge in [-0.3, -0.25) is 14.5 Å². The van der Waals surface area contributed by atoms with Crippen LogP contribution in [0.2, 0.25) is 0 Å². The first-order valence-electron chi connectivity index (χ1n) is 10.9. The summed E-state index contributed by atoms with van der Waals surface area (Å²) in [6.45, 7) is 1.90. The number of carbonyl (C=O) groups is 2. The number of hydrogen-bond acceptors (Lipinski definition) is 3. The summed E-state index contributed by atoms with van der Waals surface area (Å²) in [5.41, 5.74) is 1.59. The minimum Gasteiger partial charge on any atom is -0.350 e. The van der Waals surface area contributed by atoms with Gasteiger partial charge in [-0.25, -0.2) is 8.78 Å². The van der Waals surface area contributed by atoms with Gasteiger partial charge in [-0.1, -0.05) is 60.7 Å². The fourth-order valence-corrected chi connectivity index (χ4v) is 4.06. The maximum atomic E-state index is 14.1. The molecule has 3 aromatic carbocycles. The van der Waals surface area contributed by atoms with Gasteiger partial charge in [-0.05, 0) is 29.3 Å². The van der Waals surface area contributed by atoms with Crippen molar-refractivity contribution in [3.05, 3.63) is 107 Å². The van der Waals surface area contributed by atoms with Crippen LogP contribution in [0.15, 0.2) is 78.9 Å². The highest BCUT2D eigenvalue weighted by Crippen LogP contribution is 2.24. The van der Waals surface area contributed by atoms with Crippen molar-refractivity contribution in [1.29, 1.82) is 0 Å². The maximum absolute atomic E-state index is 14.1. The lowest BCUT2D eigenvalue weighted by Gasteiger charge is -2.38. The standard InChI is InChI=1S/C26H25F2N3O2/c27-21-11-12-23(28)22(17-21)26(33)31-15-13-30(14-16-31)24(20-9-5-2-6-10-20)25(32)29-18-19-7-3-1-4-8-19/h1-12,17,24H,13-16,18H2,(H,29,32)/t24-/m1/s1. The molecule has 0 aliphatic carbocycles. The number of amides is 2. The molecule has 2 amide bonds. The van der Waals surface area contributed by atoms with Gasteiger partial charge >= 0.3 is 0 Å². The number of nitrogens with one attached hydrogen (secondary N) is 1. The summed E-state index contributed by atoms with van der Waals surface area (Å²) in [4.78, 5) is 29.5. The number of rotatable bonds is 6. The predicted octanol–water partition coefficient (Wildman–Crippen LogP) is 3.78. The molecule has 170 valence electrons. The predicted molar refractivity (Wildman–Crippen MR) is 121 cm³/mol. The Labute approximate surface area is 191 Å².